The van der Waals surface area contributed by atoms with Gasteiger partial charge in [0, 0.05) is 5.56 Å². The van der Waals surface area contributed by atoms with E-state index in [2.05, 4.69) is 5.32 Å². The van der Waals surface area contributed by atoms with Crippen LogP contribution in [0.5, 0.6) is 0 Å². The summed E-state index contributed by atoms with van der Waals surface area (Å²) in [6.45, 7) is 1.91. The molecule has 0 radical (unpaired) electrons. The molecule has 104 valence electrons. The molecule has 6 heteroatoms. The molecule has 2 aromatic rings. The van der Waals surface area contributed by atoms with E-state index >= 15 is 0 Å². The largest absolute Gasteiger partial charge is 0.397 e. The fraction of sp³-hybridized carbons (Fsp3) is 0.0714. The third-order valence-corrected chi connectivity index (χ3v) is 3.83. The van der Waals surface area contributed by atoms with Crippen LogP contribution < -0.4 is 11.1 Å². The van der Waals surface area contributed by atoms with Crippen molar-refractivity contribution in [3.05, 3.63) is 56.5 Å². The van der Waals surface area contributed by atoms with E-state index in [0.29, 0.717) is 16.3 Å². The van der Waals surface area contributed by atoms with E-state index in [1.165, 1.54) is 12.1 Å². The maximum absolute atomic E-state index is 12.2. The first-order chi connectivity index (χ1) is 9.38. The Morgan fingerprint density at radius 3 is 2.45 bits per heavy atom. The smallest absolute Gasteiger partial charge is 0.255 e. The van der Waals surface area contributed by atoms with Crippen molar-refractivity contribution in [2.24, 2.45) is 0 Å². The van der Waals surface area contributed by atoms with Gasteiger partial charge in [0.25, 0.3) is 5.91 Å². The van der Waals surface area contributed by atoms with Crippen molar-refractivity contribution in [3.8, 4) is 0 Å². The predicted molar refractivity (Wildman–Crippen MR) is 85.0 cm³/mol. The van der Waals surface area contributed by atoms with Gasteiger partial charge in [-0.05, 0) is 36.8 Å². The summed E-state index contributed by atoms with van der Waals surface area (Å²) in [5.74, 6) is -0.359. The van der Waals surface area contributed by atoms with E-state index in [4.69, 9.17) is 40.5 Å². The molecular weight excluding hydrogens is 319 g/mol. The fourth-order valence-corrected chi connectivity index (χ4v) is 2.17. The predicted octanol–water partition coefficient (Wildman–Crippen LogP) is 4.79. The Morgan fingerprint density at radius 1 is 1.10 bits per heavy atom. The highest BCUT2D eigenvalue weighted by atomic mass is 35.5. The first-order valence-electron chi connectivity index (χ1n) is 5.70. The molecule has 0 saturated carbocycles. The molecule has 0 saturated heterocycles. The molecule has 0 bridgehead atoms. The van der Waals surface area contributed by atoms with Crippen LogP contribution in [0.15, 0.2) is 30.3 Å². The molecule has 0 aliphatic heterocycles. The van der Waals surface area contributed by atoms with Crippen molar-refractivity contribution in [2.75, 3.05) is 11.1 Å². The zero-order chi connectivity index (χ0) is 14.9. The maximum Gasteiger partial charge on any atom is 0.255 e. The number of hydrogen-bond donors (Lipinski definition) is 2. The number of carbonyl (C=O) groups is 1. The Balaban J connectivity index is 2.31. The fourth-order valence-electron chi connectivity index (χ4n) is 1.67. The van der Waals surface area contributed by atoms with Gasteiger partial charge in [-0.25, -0.2) is 0 Å². The molecular formula is C14H11Cl3N2O. The SMILES string of the molecule is Cc1ccc(Cl)c(NC(=O)c2cc(N)c(Cl)c(Cl)c2)c1. The molecule has 0 aromatic heterocycles. The Hall–Kier alpha value is -1.42. The number of rotatable bonds is 2. The second-order valence-corrected chi connectivity index (χ2v) is 5.49. The molecule has 3 N–H and O–H groups in total. The van der Waals surface area contributed by atoms with Gasteiger partial charge in [0.15, 0.2) is 0 Å². The van der Waals surface area contributed by atoms with Crippen LogP contribution in [-0.2, 0) is 0 Å². The number of anilines is 2. The maximum atomic E-state index is 12.2. The molecule has 0 atom stereocenters. The number of nitrogens with two attached hydrogens (primary N) is 1. The molecule has 1 amide bonds. The second-order valence-electron chi connectivity index (χ2n) is 4.30. The minimum atomic E-state index is -0.359. The average Bonchev–Trinajstić information content (AvgIpc) is 2.39. The number of nitrogens with one attached hydrogen (secondary N) is 1. The van der Waals surface area contributed by atoms with Crippen molar-refractivity contribution in [2.45, 2.75) is 6.92 Å². The summed E-state index contributed by atoms with van der Waals surface area (Å²) in [5, 5.41) is 3.63. The Kier molecular flexibility index (Phi) is 4.43. The summed E-state index contributed by atoms with van der Waals surface area (Å²) in [7, 11) is 0. The van der Waals surface area contributed by atoms with Gasteiger partial charge in [0.1, 0.15) is 0 Å². The Bertz CT molecular complexity index is 663. The summed E-state index contributed by atoms with van der Waals surface area (Å²) in [6, 6.07) is 8.28. The van der Waals surface area contributed by atoms with Crippen LogP contribution in [-0.4, -0.2) is 5.91 Å². The lowest BCUT2D eigenvalue weighted by molar-refractivity contribution is 0.102. The van der Waals surface area contributed by atoms with Crippen molar-refractivity contribution in [3.63, 3.8) is 0 Å². The highest BCUT2D eigenvalue weighted by Crippen LogP contribution is 2.30. The van der Waals surface area contributed by atoms with Gasteiger partial charge in [-0.3, -0.25) is 4.79 Å². The van der Waals surface area contributed by atoms with Crippen molar-refractivity contribution >= 4 is 52.1 Å². The Labute approximate surface area is 131 Å². The summed E-state index contributed by atoms with van der Waals surface area (Å²) in [4.78, 5) is 12.2. The van der Waals surface area contributed by atoms with Gasteiger partial charge in [0.2, 0.25) is 0 Å². The minimum absolute atomic E-state index is 0.229. The number of aryl methyl sites for hydroxylation is 1. The molecule has 2 rings (SSSR count). The van der Waals surface area contributed by atoms with Gasteiger partial charge in [-0.1, -0.05) is 40.9 Å². The lowest BCUT2D eigenvalue weighted by atomic mass is 10.1. The number of hydrogen-bond acceptors (Lipinski definition) is 2. The lowest BCUT2D eigenvalue weighted by Crippen LogP contribution is -2.13. The molecule has 0 spiro atoms. The van der Waals surface area contributed by atoms with Crippen LogP contribution in [0.3, 0.4) is 0 Å². The molecule has 0 fully saturated rings. The van der Waals surface area contributed by atoms with Gasteiger partial charge >= 0.3 is 0 Å². The lowest BCUT2D eigenvalue weighted by Gasteiger charge is -2.10. The molecule has 20 heavy (non-hydrogen) atoms. The van der Waals surface area contributed by atoms with E-state index in [1.54, 1.807) is 12.1 Å². The van der Waals surface area contributed by atoms with Crippen LogP contribution in [0.2, 0.25) is 15.1 Å². The van der Waals surface area contributed by atoms with E-state index in [1.807, 2.05) is 13.0 Å². The van der Waals surface area contributed by atoms with E-state index < -0.39 is 0 Å². The molecule has 2 aromatic carbocycles. The van der Waals surface area contributed by atoms with E-state index in [0.717, 1.165) is 5.56 Å². The van der Waals surface area contributed by atoms with Crippen LogP contribution >= 0.6 is 34.8 Å². The average molecular weight is 330 g/mol. The number of nitrogen functional groups attached to an aromatic ring is 1. The first kappa shape index (κ1) is 15.0. The van der Waals surface area contributed by atoms with Crippen molar-refractivity contribution < 1.29 is 4.79 Å². The molecule has 3 nitrogen and oxygen atoms in total. The summed E-state index contributed by atoms with van der Waals surface area (Å²) >= 11 is 17.8. The highest BCUT2D eigenvalue weighted by Gasteiger charge is 2.12. The second kappa shape index (κ2) is 5.92. The summed E-state index contributed by atoms with van der Waals surface area (Å²) in [6.07, 6.45) is 0. The third kappa shape index (κ3) is 3.18. The van der Waals surface area contributed by atoms with Crippen LogP contribution in [0.4, 0.5) is 11.4 Å². The normalized spacial score (nSPS) is 10.4. The number of benzene rings is 2. The first-order valence-corrected chi connectivity index (χ1v) is 6.84. The molecule has 0 aliphatic carbocycles. The van der Waals surface area contributed by atoms with Crippen LogP contribution in [0.1, 0.15) is 15.9 Å². The monoisotopic (exact) mass is 328 g/mol. The van der Waals surface area contributed by atoms with Gasteiger partial charge in [-0.15, -0.1) is 0 Å². The zero-order valence-electron chi connectivity index (χ0n) is 10.5. The number of carbonyl (C=O) groups excluding carboxylic acids is 1. The number of halogens is 3. The molecule has 0 aliphatic rings. The van der Waals surface area contributed by atoms with Gasteiger partial charge in [-0.2, -0.15) is 0 Å². The summed E-state index contributed by atoms with van der Waals surface area (Å²) < 4.78 is 0. The topological polar surface area (TPSA) is 55.1 Å². The number of amides is 1. The van der Waals surface area contributed by atoms with E-state index in [9.17, 15) is 4.79 Å². The standard InChI is InChI=1S/C14H11Cl3N2O/c1-7-2-3-9(15)12(4-7)19-14(20)8-5-10(16)13(17)11(18)6-8/h2-6H,18H2,1H3,(H,19,20). The van der Waals surface area contributed by atoms with Crippen molar-refractivity contribution in [1.82, 2.24) is 0 Å². The highest BCUT2D eigenvalue weighted by molar-refractivity contribution is 6.44. The molecule has 0 heterocycles. The van der Waals surface area contributed by atoms with Crippen molar-refractivity contribution in [1.29, 1.82) is 0 Å². The van der Waals surface area contributed by atoms with Crippen LogP contribution in [0, 0.1) is 6.92 Å². The van der Waals surface area contributed by atoms with E-state index in [-0.39, 0.29) is 21.6 Å². The quantitative estimate of drug-likeness (QED) is 0.778. The van der Waals surface area contributed by atoms with Gasteiger partial charge in [0.05, 0.1) is 26.4 Å². The van der Waals surface area contributed by atoms with Gasteiger partial charge < -0.3 is 11.1 Å². The molecule has 0 unspecified atom stereocenters. The zero-order valence-corrected chi connectivity index (χ0v) is 12.8. The third-order valence-electron chi connectivity index (χ3n) is 2.69. The Morgan fingerprint density at radius 2 is 1.80 bits per heavy atom. The minimum Gasteiger partial charge on any atom is -0.397 e. The summed E-state index contributed by atoms with van der Waals surface area (Å²) in [5.41, 5.74) is 7.76. The van der Waals surface area contributed by atoms with Crippen LogP contribution in [0.25, 0.3) is 0 Å².